The number of nitrogens with one attached hydrogen (secondary N) is 1. The first-order chi connectivity index (χ1) is 12.9. The Kier molecular flexibility index (Phi) is 6.87. The summed E-state index contributed by atoms with van der Waals surface area (Å²) in [6, 6.07) is 11.8. The molecule has 0 bridgehead atoms. The Morgan fingerprint density at radius 3 is 2.56 bits per heavy atom. The summed E-state index contributed by atoms with van der Waals surface area (Å²) in [5, 5.41) is 13.4. The van der Waals surface area contributed by atoms with Crippen molar-refractivity contribution in [3.63, 3.8) is 0 Å². The third kappa shape index (κ3) is 5.81. The number of para-hydroxylation sites is 1. The molecule has 0 aliphatic heterocycles. The van der Waals surface area contributed by atoms with Gasteiger partial charge in [-0.25, -0.2) is 0 Å². The Bertz CT molecular complexity index is 850. The molecule has 2 aromatic rings. The van der Waals surface area contributed by atoms with E-state index in [4.69, 9.17) is 9.47 Å². The Balaban J connectivity index is 1.77. The second-order valence-corrected chi connectivity index (χ2v) is 5.78. The van der Waals surface area contributed by atoms with E-state index < -0.39 is 23.4 Å². The smallest absolute Gasteiger partial charge is 0.309 e. The molecule has 0 aliphatic carbocycles. The molecule has 1 amide bonds. The maximum absolute atomic E-state index is 11.9. The SMILES string of the molecule is Cc1ccccc1OCCC(=O)OCC(=O)Nc1cccc([N+](=O)[O-])c1C. The molecule has 0 unspecified atom stereocenters. The number of anilines is 1. The van der Waals surface area contributed by atoms with E-state index in [-0.39, 0.29) is 18.7 Å². The third-order valence-electron chi connectivity index (χ3n) is 3.80. The number of benzene rings is 2. The first-order valence-electron chi connectivity index (χ1n) is 8.26. The number of nitro benzene ring substituents is 1. The second-order valence-electron chi connectivity index (χ2n) is 5.78. The Morgan fingerprint density at radius 1 is 1.11 bits per heavy atom. The molecule has 2 rings (SSSR count). The first kappa shape index (κ1) is 19.9. The minimum Gasteiger partial charge on any atom is -0.493 e. The summed E-state index contributed by atoms with van der Waals surface area (Å²) in [6.07, 6.45) is -0.00253. The summed E-state index contributed by atoms with van der Waals surface area (Å²) in [4.78, 5) is 34.0. The minimum atomic E-state index is -0.577. The van der Waals surface area contributed by atoms with Gasteiger partial charge in [0, 0.05) is 6.07 Å². The molecule has 142 valence electrons. The van der Waals surface area contributed by atoms with Gasteiger partial charge in [0.05, 0.1) is 29.2 Å². The van der Waals surface area contributed by atoms with E-state index >= 15 is 0 Å². The third-order valence-corrected chi connectivity index (χ3v) is 3.80. The van der Waals surface area contributed by atoms with Crippen LogP contribution in [-0.4, -0.2) is 30.0 Å². The lowest BCUT2D eigenvalue weighted by molar-refractivity contribution is -0.385. The minimum absolute atomic E-state index is 0.00253. The number of hydrogen-bond acceptors (Lipinski definition) is 6. The molecule has 0 atom stereocenters. The zero-order chi connectivity index (χ0) is 19.8. The summed E-state index contributed by atoms with van der Waals surface area (Å²) in [5.41, 5.74) is 1.48. The molecule has 0 spiro atoms. The van der Waals surface area contributed by atoms with Crippen molar-refractivity contribution in [3.8, 4) is 5.75 Å². The predicted molar refractivity (Wildman–Crippen MR) is 98.7 cm³/mol. The number of rotatable bonds is 8. The summed E-state index contributed by atoms with van der Waals surface area (Å²) in [6.45, 7) is 3.08. The highest BCUT2D eigenvalue weighted by atomic mass is 16.6. The van der Waals surface area contributed by atoms with E-state index in [2.05, 4.69) is 5.32 Å². The average molecular weight is 372 g/mol. The molecule has 0 heterocycles. The van der Waals surface area contributed by atoms with Crippen LogP contribution in [0, 0.1) is 24.0 Å². The van der Waals surface area contributed by atoms with Crippen LogP contribution in [0.4, 0.5) is 11.4 Å². The molecule has 0 fully saturated rings. The van der Waals surface area contributed by atoms with E-state index in [9.17, 15) is 19.7 Å². The van der Waals surface area contributed by atoms with Crippen LogP contribution >= 0.6 is 0 Å². The first-order valence-corrected chi connectivity index (χ1v) is 8.26. The van der Waals surface area contributed by atoms with Gasteiger partial charge in [0.2, 0.25) is 0 Å². The fourth-order valence-electron chi connectivity index (χ4n) is 2.32. The van der Waals surface area contributed by atoms with Crippen molar-refractivity contribution in [1.82, 2.24) is 0 Å². The zero-order valence-electron chi connectivity index (χ0n) is 15.1. The maximum Gasteiger partial charge on any atom is 0.309 e. The van der Waals surface area contributed by atoms with Crippen LogP contribution in [0.5, 0.6) is 5.75 Å². The second kappa shape index (κ2) is 9.33. The predicted octanol–water partition coefficient (Wildman–Crippen LogP) is 3.16. The van der Waals surface area contributed by atoms with Gasteiger partial charge in [0.15, 0.2) is 6.61 Å². The average Bonchev–Trinajstić information content (AvgIpc) is 2.63. The van der Waals surface area contributed by atoms with E-state index in [1.54, 1.807) is 6.07 Å². The molecule has 2 aromatic carbocycles. The van der Waals surface area contributed by atoms with E-state index in [1.807, 2.05) is 25.1 Å². The molecular formula is C19H20N2O6. The van der Waals surface area contributed by atoms with Crippen molar-refractivity contribution in [2.24, 2.45) is 0 Å². The molecule has 0 aliphatic rings. The Labute approximate surface area is 156 Å². The highest BCUT2D eigenvalue weighted by Crippen LogP contribution is 2.24. The number of esters is 1. The van der Waals surface area contributed by atoms with Gasteiger partial charge in [0.25, 0.3) is 11.6 Å². The van der Waals surface area contributed by atoms with Crippen LogP contribution in [0.2, 0.25) is 0 Å². The Morgan fingerprint density at radius 2 is 1.85 bits per heavy atom. The van der Waals surface area contributed by atoms with Crippen LogP contribution in [0.3, 0.4) is 0 Å². The van der Waals surface area contributed by atoms with Crippen LogP contribution in [-0.2, 0) is 14.3 Å². The highest BCUT2D eigenvalue weighted by molar-refractivity contribution is 5.94. The number of nitro groups is 1. The number of aryl methyl sites for hydroxylation is 1. The van der Waals surface area contributed by atoms with Gasteiger partial charge in [-0.15, -0.1) is 0 Å². The quantitative estimate of drug-likeness (QED) is 0.433. The van der Waals surface area contributed by atoms with Crippen molar-refractivity contribution < 1.29 is 24.0 Å². The van der Waals surface area contributed by atoms with Crippen molar-refractivity contribution in [3.05, 3.63) is 63.7 Å². The molecule has 0 aromatic heterocycles. The highest BCUT2D eigenvalue weighted by Gasteiger charge is 2.15. The van der Waals surface area contributed by atoms with Crippen molar-refractivity contribution in [1.29, 1.82) is 0 Å². The summed E-state index contributed by atoms with van der Waals surface area (Å²) >= 11 is 0. The van der Waals surface area contributed by atoms with E-state index in [0.29, 0.717) is 17.0 Å². The normalized spacial score (nSPS) is 10.1. The summed E-state index contributed by atoms with van der Waals surface area (Å²) in [5.74, 6) is -0.467. The lowest BCUT2D eigenvalue weighted by Crippen LogP contribution is -2.22. The van der Waals surface area contributed by atoms with E-state index in [0.717, 1.165) is 5.56 Å². The van der Waals surface area contributed by atoms with Crippen molar-refractivity contribution in [2.45, 2.75) is 20.3 Å². The molecule has 27 heavy (non-hydrogen) atoms. The van der Waals surface area contributed by atoms with E-state index in [1.165, 1.54) is 25.1 Å². The molecule has 0 saturated carbocycles. The standard InChI is InChI=1S/C19H20N2O6/c1-13-6-3-4-9-17(13)26-11-10-19(23)27-12-18(22)20-15-7-5-8-16(14(15)2)21(24)25/h3-9H,10-12H2,1-2H3,(H,20,22). The van der Waals surface area contributed by atoms with Crippen LogP contribution in [0.15, 0.2) is 42.5 Å². The molecule has 8 heteroatoms. The fourth-order valence-corrected chi connectivity index (χ4v) is 2.32. The summed E-state index contributed by atoms with van der Waals surface area (Å²) in [7, 11) is 0. The largest absolute Gasteiger partial charge is 0.493 e. The van der Waals surface area contributed by atoms with Gasteiger partial charge in [-0.3, -0.25) is 19.7 Å². The molecule has 8 nitrogen and oxygen atoms in total. The van der Waals surface area contributed by atoms with Crippen molar-refractivity contribution in [2.75, 3.05) is 18.5 Å². The van der Waals surface area contributed by atoms with Gasteiger partial charge in [-0.2, -0.15) is 0 Å². The fraction of sp³-hybridized carbons (Fsp3) is 0.263. The summed E-state index contributed by atoms with van der Waals surface area (Å²) < 4.78 is 10.4. The molecular weight excluding hydrogens is 352 g/mol. The molecule has 0 saturated heterocycles. The number of ether oxygens (including phenoxy) is 2. The van der Waals surface area contributed by atoms with Gasteiger partial charge in [0.1, 0.15) is 5.75 Å². The number of carbonyl (C=O) groups is 2. The van der Waals surface area contributed by atoms with Gasteiger partial charge >= 0.3 is 5.97 Å². The van der Waals surface area contributed by atoms with Gasteiger partial charge in [-0.05, 0) is 31.5 Å². The Hall–Kier alpha value is -3.42. The van der Waals surface area contributed by atoms with Crippen LogP contribution < -0.4 is 10.1 Å². The number of carbonyl (C=O) groups excluding carboxylic acids is 2. The number of nitrogens with zero attached hydrogens (tertiary/aromatic N) is 1. The molecule has 1 N–H and O–H groups in total. The van der Waals surface area contributed by atoms with Crippen LogP contribution in [0.1, 0.15) is 17.5 Å². The lowest BCUT2D eigenvalue weighted by Gasteiger charge is -2.10. The topological polar surface area (TPSA) is 108 Å². The van der Waals surface area contributed by atoms with Gasteiger partial charge < -0.3 is 14.8 Å². The zero-order valence-corrected chi connectivity index (χ0v) is 15.1. The van der Waals surface area contributed by atoms with Gasteiger partial charge in [-0.1, -0.05) is 24.3 Å². The van der Waals surface area contributed by atoms with Crippen LogP contribution in [0.25, 0.3) is 0 Å². The van der Waals surface area contributed by atoms with Crippen molar-refractivity contribution >= 4 is 23.3 Å². The number of amides is 1. The maximum atomic E-state index is 11.9. The lowest BCUT2D eigenvalue weighted by atomic mass is 10.1. The monoisotopic (exact) mass is 372 g/mol. The molecule has 0 radical (unpaired) electrons. The number of hydrogen-bond donors (Lipinski definition) is 1.